The van der Waals surface area contributed by atoms with Crippen LogP contribution in [0.3, 0.4) is 0 Å². The molecule has 0 saturated carbocycles. The molecule has 0 aliphatic carbocycles. The van der Waals surface area contributed by atoms with Crippen molar-refractivity contribution < 1.29 is 4.42 Å². The summed E-state index contributed by atoms with van der Waals surface area (Å²) in [6.45, 7) is 4.77. The van der Waals surface area contributed by atoms with E-state index in [0.29, 0.717) is 6.54 Å². The van der Waals surface area contributed by atoms with Gasteiger partial charge < -0.3 is 8.98 Å². The van der Waals surface area contributed by atoms with Crippen LogP contribution >= 0.6 is 0 Å². The molecule has 0 spiro atoms. The lowest BCUT2D eigenvalue weighted by Crippen LogP contribution is -2.02. The molecule has 0 aliphatic rings. The van der Waals surface area contributed by atoms with Gasteiger partial charge in [-0.2, -0.15) is 0 Å². The van der Waals surface area contributed by atoms with Crippen LogP contribution in [0.2, 0.25) is 0 Å². The van der Waals surface area contributed by atoms with Gasteiger partial charge in [0.05, 0.1) is 12.2 Å². The Bertz CT molecular complexity index is 685. The van der Waals surface area contributed by atoms with Crippen molar-refractivity contribution in [1.82, 2.24) is 19.5 Å². The lowest BCUT2D eigenvalue weighted by atomic mass is 10.2. The van der Waals surface area contributed by atoms with E-state index in [-0.39, 0.29) is 5.92 Å². The minimum atomic E-state index is 0.267. The molecule has 3 aromatic heterocycles. The number of hydrogen-bond acceptors (Lipinski definition) is 4. The molecule has 3 heterocycles. The Labute approximate surface area is 117 Å². The molecule has 3 rings (SSSR count). The van der Waals surface area contributed by atoms with Gasteiger partial charge in [-0.15, -0.1) is 0 Å². The van der Waals surface area contributed by atoms with E-state index in [1.54, 1.807) is 18.7 Å². The Morgan fingerprint density at radius 1 is 1.20 bits per heavy atom. The van der Waals surface area contributed by atoms with Crippen molar-refractivity contribution >= 4 is 0 Å². The zero-order valence-electron chi connectivity index (χ0n) is 11.5. The first kappa shape index (κ1) is 12.6. The van der Waals surface area contributed by atoms with E-state index in [2.05, 4.69) is 28.8 Å². The van der Waals surface area contributed by atoms with E-state index in [0.717, 1.165) is 23.1 Å². The summed E-state index contributed by atoms with van der Waals surface area (Å²) in [6.07, 6.45) is 7.14. The summed E-state index contributed by atoms with van der Waals surface area (Å²) in [5.74, 6) is 1.79. The summed E-state index contributed by atoms with van der Waals surface area (Å²) >= 11 is 0. The van der Waals surface area contributed by atoms with Gasteiger partial charge in [-0.1, -0.05) is 19.9 Å². The molecule has 0 saturated heterocycles. The Balaban J connectivity index is 1.89. The van der Waals surface area contributed by atoms with E-state index in [9.17, 15) is 0 Å². The van der Waals surface area contributed by atoms with E-state index in [1.807, 2.05) is 29.0 Å². The molecule has 0 radical (unpaired) electrons. The zero-order chi connectivity index (χ0) is 13.9. The zero-order valence-corrected chi connectivity index (χ0v) is 11.5. The second kappa shape index (κ2) is 5.28. The number of imidazole rings is 1. The highest BCUT2D eigenvalue weighted by Gasteiger charge is 2.13. The maximum Gasteiger partial charge on any atom is 0.197 e. The van der Waals surface area contributed by atoms with Gasteiger partial charge in [0.2, 0.25) is 0 Å². The summed E-state index contributed by atoms with van der Waals surface area (Å²) in [5, 5.41) is 0. The van der Waals surface area contributed by atoms with Gasteiger partial charge >= 0.3 is 0 Å². The average Bonchev–Trinajstić information content (AvgIpc) is 3.08. The van der Waals surface area contributed by atoms with Gasteiger partial charge in [0.25, 0.3) is 0 Å². The fourth-order valence-corrected chi connectivity index (χ4v) is 1.99. The molecule has 0 aromatic carbocycles. The molecular weight excluding hydrogens is 252 g/mol. The summed E-state index contributed by atoms with van der Waals surface area (Å²) in [7, 11) is 0. The molecule has 3 aromatic rings. The van der Waals surface area contributed by atoms with Crippen LogP contribution in [-0.4, -0.2) is 19.5 Å². The van der Waals surface area contributed by atoms with Crippen LogP contribution in [0.15, 0.2) is 47.5 Å². The van der Waals surface area contributed by atoms with Crippen molar-refractivity contribution in [3.63, 3.8) is 0 Å². The Morgan fingerprint density at radius 2 is 2.10 bits per heavy atom. The van der Waals surface area contributed by atoms with Crippen molar-refractivity contribution in [3.8, 4) is 11.5 Å². The molecule has 0 aliphatic heterocycles. The quantitative estimate of drug-likeness (QED) is 0.729. The highest BCUT2D eigenvalue weighted by molar-refractivity contribution is 5.48. The Hall–Kier alpha value is -2.43. The highest BCUT2D eigenvalue weighted by Crippen LogP contribution is 2.21. The normalized spacial score (nSPS) is 11.2. The average molecular weight is 268 g/mol. The first-order chi connectivity index (χ1) is 9.74. The third-order valence-electron chi connectivity index (χ3n) is 3.02. The van der Waals surface area contributed by atoms with Crippen LogP contribution in [0.5, 0.6) is 0 Å². The minimum Gasteiger partial charge on any atom is -0.448 e. The summed E-state index contributed by atoms with van der Waals surface area (Å²) in [6, 6.07) is 5.88. The fourth-order valence-electron chi connectivity index (χ4n) is 1.99. The predicted molar refractivity (Wildman–Crippen MR) is 75.2 cm³/mol. The predicted octanol–water partition coefficient (Wildman–Crippen LogP) is 3.10. The molecule has 0 N–H and O–H groups in total. The van der Waals surface area contributed by atoms with Crippen LogP contribution < -0.4 is 0 Å². The van der Waals surface area contributed by atoms with E-state index >= 15 is 0 Å². The fraction of sp³-hybridized carbons (Fsp3) is 0.267. The lowest BCUT2D eigenvalue weighted by Gasteiger charge is -2.05. The molecule has 0 unspecified atom stereocenters. The third kappa shape index (κ3) is 2.47. The Kier molecular flexibility index (Phi) is 3.33. The number of rotatable bonds is 4. The van der Waals surface area contributed by atoms with Crippen LogP contribution in [0.4, 0.5) is 0 Å². The molecular formula is C15H16N4O. The lowest BCUT2D eigenvalue weighted by molar-refractivity contribution is 0.471. The number of oxazole rings is 1. The van der Waals surface area contributed by atoms with E-state index in [1.165, 1.54) is 0 Å². The maximum absolute atomic E-state index is 5.48. The second-order valence-electron chi connectivity index (χ2n) is 4.93. The largest absolute Gasteiger partial charge is 0.448 e. The molecule has 0 amide bonds. The van der Waals surface area contributed by atoms with Crippen molar-refractivity contribution in [2.75, 3.05) is 0 Å². The molecule has 0 bridgehead atoms. The first-order valence-corrected chi connectivity index (χ1v) is 6.61. The second-order valence-corrected chi connectivity index (χ2v) is 4.93. The van der Waals surface area contributed by atoms with Gasteiger partial charge in [0, 0.05) is 24.5 Å². The summed E-state index contributed by atoms with van der Waals surface area (Å²) < 4.78 is 7.49. The van der Waals surface area contributed by atoms with Gasteiger partial charge in [0.15, 0.2) is 11.7 Å². The number of hydrogen-bond donors (Lipinski definition) is 0. The van der Waals surface area contributed by atoms with Crippen LogP contribution in [-0.2, 0) is 6.54 Å². The summed E-state index contributed by atoms with van der Waals surface area (Å²) in [5.41, 5.74) is 1.74. The minimum absolute atomic E-state index is 0.267. The SMILES string of the molecule is CC(C)c1nc(-c2nccn2Cc2ccccn2)co1. The van der Waals surface area contributed by atoms with Crippen molar-refractivity contribution in [3.05, 3.63) is 54.6 Å². The van der Waals surface area contributed by atoms with Gasteiger partial charge in [-0.25, -0.2) is 9.97 Å². The monoisotopic (exact) mass is 268 g/mol. The van der Waals surface area contributed by atoms with Gasteiger partial charge in [-0.05, 0) is 12.1 Å². The molecule has 0 fully saturated rings. The number of nitrogens with zero attached hydrogens (tertiary/aromatic N) is 4. The van der Waals surface area contributed by atoms with Gasteiger partial charge in [-0.3, -0.25) is 4.98 Å². The van der Waals surface area contributed by atoms with Crippen LogP contribution in [0, 0.1) is 0 Å². The highest BCUT2D eigenvalue weighted by atomic mass is 16.3. The number of aromatic nitrogens is 4. The molecule has 5 nitrogen and oxygen atoms in total. The first-order valence-electron chi connectivity index (χ1n) is 6.61. The number of pyridine rings is 1. The molecule has 102 valence electrons. The standard InChI is InChI=1S/C15H16N4O/c1-11(2)15-18-13(10-20-15)14-17-7-8-19(14)9-12-5-3-4-6-16-12/h3-8,10-11H,9H2,1-2H3. The maximum atomic E-state index is 5.48. The molecule has 0 atom stereocenters. The molecule has 5 heteroatoms. The van der Waals surface area contributed by atoms with E-state index in [4.69, 9.17) is 4.42 Å². The topological polar surface area (TPSA) is 56.7 Å². The van der Waals surface area contributed by atoms with Gasteiger partial charge in [0.1, 0.15) is 12.0 Å². The summed E-state index contributed by atoms with van der Waals surface area (Å²) in [4.78, 5) is 13.2. The van der Waals surface area contributed by atoms with Crippen molar-refractivity contribution in [2.24, 2.45) is 0 Å². The van der Waals surface area contributed by atoms with Crippen LogP contribution in [0.25, 0.3) is 11.5 Å². The third-order valence-corrected chi connectivity index (χ3v) is 3.02. The van der Waals surface area contributed by atoms with Crippen molar-refractivity contribution in [1.29, 1.82) is 0 Å². The van der Waals surface area contributed by atoms with Crippen LogP contribution in [0.1, 0.15) is 31.4 Å². The van der Waals surface area contributed by atoms with Crippen molar-refractivity contribution in [2.45, 2.75) is 26.3 Å². The van der Waals surface area contributed by atoms with E-state index < -0.39 is 0 Å². The molecule has 20 heavy (non-hydrogen) atoms. The smallest absolute Gasteiger partial charge is 0.197 e. The Morgan fingerprint density at radius 3 is 2.80 bits per heavy atom.